The second kappa shape index (κ2) is 5.64. The Hall–Kier alpha value is -0.130. The molecule has 5 heteroatoms. The topological polar surface area (TPSA) is 66.8 Å². The van der Waals surface area contributed by atoms with Crippen LogP contribution < -0.4 is 0 Å². The van der Waals surface area contributed by atoms with Gasteiger partial charge in [-0.3, -0.25) is 4.79 Å². The smallest absolute Gasteiger partial charge is 0.316 e. The van der Waals surface area contributed by atoms with Crippen LogP contribution in [0.5, 0.6) is 0 Å². The molecule has 0 bridgehead atoms. The summed E-state index contributed by atoms with van der Waals surface area (Å²) in [6.45, 7) is -0.545. The number of aliphatic hydroxyl groups excluding tert-OH is 2. The van der Waals surface area contributed by atoms with E-state index in [0.717, 1.165) is 0 Å². The molecule has 0 radical (unpaired) electrons. The fourth-order valence-electron chi connectivity index (χ4n) is 0.280. The van der Waals surface area contributed by atoms with Gasteiger partial charge in [-0.15, -0.1) is 0 Å². The molecule has 0 saturated heterocycles. The quantitative estimate of drug-likeness (QED) is 0.477. The highest BCUT2D eigenvalue weighted by Gasteiger charge is 2.05. The number of hydrogen-bond acceptors (Lipinski definition) is 4. The fraction of sp³-hybridized carbons (Fsp3) is 0.800. The third kappa shape index (κ3) is 4.72. The maximum Gasteiger partial charge on any atom is 0.316 e. The van der Waals surface area contributed by atoms with Crippen LogP contribution in [0.2, 0.25) is 0 Å². The Labute approximate surface area is 66.9 Å². The van der Waals surface area contributed by atoms with E-state index in [2.05, 4.69) is 20.7 Å². The van der Waals surface area contributed by atoms with Crippen LogP contribution in [0.1, 0.15) is 0 Å². The van der Waals surface area contributed by atoms with Gasteiger partial charge in [-0.1, -0.05) is 15.9 Å². The van der Waals surface area contributed by atoms with Crippen molar-refractivity contribution in [3.63, 3.8) is 0 Å². The Kier molecular flexibility index (Phi) is 5.57. The summed E-state index contributed by atoms with van der Waals surface area (Å²) >= 11 is 2.87. The Morgan fingerprint density at radius 1 is 1.70 bits per heavy atom. The van der Waals surface area contributed by atoms with E-state index >= 15 is 0 Å². The molecule has 0 aliphatic rings. The van der Waals surface area contributed by atoms with Crippen molar-refractivity contribution in [2.75, 3.05) is 18.5 Å². The number of ether oxygens (including phenoxy) is 1. The first-order chi connectivity index (χ1) is 4.70. The van der Waals surface area contributed by atoms with Crippen LogP contribution in [0.15, 0.2) is 0 Å². The van der Waals surface area contributed by atoms with Crippen molar-refractivity contribution >= 4 is 21.9 Å². The van der Waals surface area contributed by atoms with Gasteiger partial charge in [-0.05, 0) is 0 Å². The molecular weight excluding hydrogens is 204 g/mol. The number of hydrogen-bond donors (Lipinski definition) is 2. The normalized spacial score (nSPS) is 12.7. The van der Waals surface area contributed by atoms with Gasteiger partial charge in [0, 0.05) is 0 Å². The summed E-state index contributed by atoms with van der Waals surface area (Å²) < 4.78 is 4.45. The first-order valence-electron chi connectivity index (χ1n) is 2.71. The minimum atomic E-state index is -0.969. The number of aliphatic hydroxyl groups is 2. The highest BCUT2D eigenvalue weighted by Crippen LogP contribution is 1.88. The van der Waals surface area contributed by atoms with Gasteiger partial charge in [0.15, 0.2) is 0 Å². The van der Waals surface area contributed by atoms with E-state index in [1.165, 1.54) is 0 Å². The van der Waals surface area contributed by atoms with Crippen LogP contribution in [0.3, 0.4) is 0 Å². The molecule has 60 valence electrons. The Balaban J connectivity index is 3.26. The van der Waals surface area contributed by atoms with Gasteiger partial charge in [0.2, 0.25) is 0 Å². The lowest BCUT2D eigenvalue weighted by Crippen LogP contribution is -2.22. The minimum Gasteiger partial charge on any atom is -0.462 e. The summed E-state index contributed by atoms with van der Waals surface area (Å²) in [5, 5.41) is 17.0. The van der Waals surface area contributed by atoms with Crippen molar-refractivity contribution in [3.05, 3.63) is 0 Å². The average molecular weight is 213 g/mol. The van der Waals surface area contributed by atoms with E-state index < -0.39 is 18.7 Å². The molecule has 0 aromatic heterocycles. The summed E-state index contributed by atoms with van der Waals surface area (Å²) in [4.78, 5) is 10.4. The van der Waals surface area contributed by atoms with E-state index in [-0.39, 0.29) is 11.9 Å². The number of alkyl halides is 1. The lowest BCUT2D eigenvalue weighted by molar-refractivity contribution is -0.143. The van der Waals surface area contributed by atoms with Crippen molar-refractivity contribution in [2.45, 2.75) is 6.10 Å². The first-order valence-corrected chi connectivity index (χ1v) is 3.83. The predicted octanol–water partition coefficient (Wildman–Crippen LogP) is -0.722. The fourth-order valence-corrected chi connectivity index (χ4v) is 0.442. The maximum absolute atomic E-state index is 10.4. The molecule has 10 heavy (non-hydrogen) atoms. The molecule has 0 amide bonds. The number of rotatable bonds is 4. The summed E-state index contributed by atoms with van der Waals surface area (Å²) in [6.07, 6.45) is -0.969. The number of esters is 1. The Morgan fingerprint density at radius 2 is 2.30 bits per heavy atom. The molecule has 2 N–H and O–H groups in total. The van der Waals surface area contributed by atoms with Crippen molar-refractivity contribution in [2.24, 2.45) is 0 Å². The Morgan fingerprint density at radius 3 is 2.70 bits per heavy atom. The number of halogens is 1. The molecule has 0 heterocycles. The van der Waals surface area contributed by atoms with Crippen molar-refractivity contribution in [1.29, 1.82) is 0 Å². The zero-order valence-corrected chi connectivity index (χ0v) is 6.87. The van der Waals surface area contributed by atoms with E-state index in [1.807, 2.05) is 0 Å². The molecule has 1 atom stereocenters. The summed E-state index contributed by atoms with van der Waals surface area (Å²) in [5.41, 5.74) is 0. The lowest BCUT2D eigenvalue weighted by atomic mass is 10.4. The minimum absolute atomic E-state index is 0.102. The van der Waals surface area contributed by atoms with Crippen LogP contribution in [0, 0.1) is 0 Å². The van der Waals surface area contributed by atoms with Gasteiger partial charge < -0.3 is 14.9 Å². The molecule has 0 aromatic carbocycles. The third-order valence-electron chi connectivity index (χ3n) is 0.757. The largest absolute Gasteiger partial charge is 0.462 e. The molecule has 0 fully saturated rings. The van der Waals surface area contributed by atoms with E-state index in [4.69, 9.17) is 10.2 Å². The van der Waals surface area contributed by atoms with Gasteiger partial charge in [-0.2, -0.15) is 0 Å². The summed E-state index contributed by atoms with van der Waals surface area (Å²) in [6, 6.07) is 0. The van der Waals surface area contributed by atoms with E-state index in [1.54, 1.807) is 0 Å². The van der Waals surface area contributed by atoms with Gasteiger partial charge in [0.25, 0.3) is 0 Å². The van der Waals surface area contributed by atoms with Crippen molar-refractivity contribution in [3.8, 4) is 0 Å². The van der Waals surface area contributed by atoms with Crippen LogP contribution in [-0.4, -0.2) is 40.8 Å². The maximum atomic E-state index is 10.4. The molecule has 0 saturated carbocycles. The lowest BCUT2D eigenvalue weighted by Gasteiger charge is -2.06. The zero-order valence-electron chi connectivity index (χ0n) is 5.29. The first kappa shape index (κ1) is 9.87. The zero-order chi connectivity index (χ0) is 7.98. The van der Waals surface area contributed by atoms with Gasteiger partial charge >= 0.3 is 5.97 Å². The molecule has 4 nitrogen and oxygen atoms in total. The molecular formula is C5H9BrO4. The third-order valence-corrected chi connectivity index (χ3v) is 1.21. The monoisotopic (exact) mass is 212 g/mol. The SMILES string of the molecule is O=C(CBr)OC[C@H](O)CO. The van der Waals surface area contributed by atoms with Gasteiger partial charge in [0.05, 0.1) is 6.61 Å². The van der Waals surface area contributed by atoms with Crippen LogP contribution >= 0.6 is 15.9 Å². The van der Waals surface area contributed by atoms with Crippen LogP contribution in [-0.2, 0) is 9.53 Å². The predicted molar refractivity (Wildman–Crippen MR) is 37.8 cm³/mol. The molecule has 0 aliphatic carbocycles. The summed E-state index contributed by atoms with van der Waals surface area (Å²) in [5.74, 6) is -0.451. The second-order valence-corrected chi connectivity index (χ2v) is 2.21. The van der Waals surface area contributed by atoms with Gasteiger partial charge in [-0.25, -0.2) is 0 Å². The Bertz CT molecular complexity index is 106. The highest BCUT2D eigenvalue weighted by molar-refractivity contribution is 9.09. The second-order valence-electron chi connectivity index (χ2n) is 1.65. The highest BCUT2D eigenvalue weighted by atomic mass is 79.9. The van der Waals surface area contributed by atoms with E-state index in [0.29, 0.717) is 0 Å². The molecule has 0 unspecified atom stereocenters. The van der Waals surface area contributed by atoms with Crippen molar-refractivity contribution in [1.82, 2.24) is 0 Å². The van der Waals surface area contributed by atoms with Gasteiger partial charge in [0.1, 0.15) is 18.0 Å². The molecule has 0 aromatic rings. The standard InChI is InChI=1S/C5H9BrO4/c6-1-5(9)10-3-4(8)2-7/h4,7-8H,1-3H2/t4-/m1/s1. The molecule has 0 aliphatic heterocycles. The van der Waals surface area contributed by atoms with Crippen LogP contribution in [0.4, 0.5) is 0 Å². The molecule has 0 spiro atoms. The van der Waals surface area contributed by atoms with Crippen LogP contribution in [0.25, 0.3) is 0 Å². The molecule has 0 rings (SSSR count). The average Bonchev–Trinajstić information content (AvgIpc) is 1.99. The number of carbonyl (C=O) groups is 1. The van der Waals surface area contributed by atoms with Crippen molar-refractivity contribution < 1.29 is 19.7 Å². The summed E-state index contributed by atoms with van der Waals surface area (Å²) in [7, 11) is 0. The van der Waals surface area contributed by atoms with E-state index in [9.17, 15) is 4.79 Å². The number of carbonyl (C=O) groups excluding carboxylic acids is 1.